The standard InChI is InChI=1S/C14H17ClN2/c1-11-5-3-2-4-8-17(11)14-9-13(15)7-6-12(14)10-16/h6-7,9,11H,2-5,8H2,1H3. The van der Waals surface area contributed by atoms with Gasteiger partial charge >= 0.3 is 0 Å². The number of hydrogen-bond acceptors (Lipinski definition) is 2. The molecule has 2 rings (SSSR count). The van der Waals surface area contributed by atoms with Crippen molar-refractivity contribution in [3.63, 3.8) is 0 Å². The van der Waals surface area contributed by atoms with Crippen molar-refractivity contribution in [2.75, 3.05) is 11.4 Å². The third-order valence-corrected chi connectivity index (χ3v) is 3.68. The van der Waals surface area contributed by atoms with E-state index in [0.717, 1.165) is 17.8 Å². The molecule has 0 amide bonds. The summed E-state index contributed by atoms with van der Waals surface area (Å²) in [6.45, 7) is 3.25. The van der Waals surface area contributed by atoms with Gasteiger partial charge in [0, 0.05) is 17.6 Å². The molecule has 1 aliphatic heterocycles. The predicted molar refractivity (Wildman–Crippen MR) is 71.4 cm³/mol. The van der Waals surface area contributed by atoms with Crippen LogP contribution in [0.1, 0.15) is 38.2 Å². The molecule has 0 radical (unpaired) electrons. The average Bonchev–Trinajstić information content (AvgIpc) is 2.54. The first-order chi connectivity index (χ1) is 8.22. The van der Waals surface area contributed by atoms with Gasteiger partial charge in [-0.05, 0) is 38.0 Å². The summed E-state index contributed by atoms with van der Waals surface area (Å²) in [6.07, 6.45) is 4.95. The van der Waals surface area contributed by atoms with Crippen molar-refractivity contribution in [1.29, 1.82) is 5.26 Å². The number of nitrogens with zero attached hydrogens (tertiary/aromatic N) is 2. The Bertz CT molecular complexity index is 436. The van der Waals surface area contributed by atoms with Crippen molar-refractivity contribution in [3.8, 4) is 6.07 Å². The summed E-state index contributed by atoms with van der Waals surface area (Å²) in [4.78, 5) is 2.33. The Morgan fingerprint density at radius 1 is 1.35 bits per heavy atom. The molecule has 0 bridgehead atoms. The minimum atomic E-state index is 0.489. The van der Waals surface area contributed by atoms with Crippen LogP contribution in [-0.4, -0.2) is 12.6 Å². The molecule has 1 fully saturated rings. The Morgan fingerprint density at radius 2 is 2.18 bits per heavy atom. The van der Waals surface area contributed by atoms with Gasteiger partial charge in [-0.1, -0.05) is 24.4 Å². The number of hydrogen-bond donors (Lipinski definition) is 0. The predicted octanol–water partition coefficient (Wildman–Crippen LogP) is 3.98. The second kappa shape index (κ2) is 5.42. The molecule has 1 aromatic rings. The first-order valence-electron chi connectivity index (χ1n) is 6.18. The summed E-state index contributed by atoms with van der Waals surface area (Å²) in [5.41, 5.74) is 1.72. The average molecular weight is 249 g/mol. The molecule has 0 N–H and O–H groups in total. The van der Waals surface area contributed by atoms with E-state index in [1.807, 2.05) is 12.1 Å². The zero-order valence-corrected chi connectivity index (χ0v) is 10.9. The molecule has 0 aromatic heterocycles. The van der Waals surface area contributed by atoms with Crippen molar-refractivity contribution in [3.05, 3.63) is 28.8 Å². The molecular weight excluding hydrogens is 232 g/mol. The third-order valence-electron chi connectivity index (χ3n) is 3.44. The van der Waals surface area contributed by atoms with E-state index in [0.29, 0.717) is 11.1 Å². The van der Waals surface area contributed by atoms with Crippen molar-refractivity contribution >= 4 is 17.3 Å². The van der Waals surface area contributed by atoms with Crippen molar-refractivity contribution in [1.82, 2.24) is 0 Å². The molecule has 1 atom stereocenters. The van der Waals surface area contributed by atoms with Gasteiger partial charge in [0.1, 0.15) is 6.07 Å². The maximum absolute atomic E-state index is 9.18. The Kier molecular flexibility index (Phi) is 3.91. The zero-order valence-electron chi connectivity index (χ0n) is 10.1. The van der Waals surface area contributed by atoms with Crippen LogP contribution < -0.4 is 4.90 Å². The summed E-state index contributed by atoms with van der Waals surface area (Å²) in [5.74, 6) is 0. The van der Waals surface area contributed by atoms with Gasteiger partial charge in [0.05, 0.1) is 11.3 Å². The second-order valence-electron chi connectivity index (χ2n) is 4.67. The number of halogens is 1. The Balaban J connectivity index is 2.37. The van der Waals surface area contributed by atoms with Crippen LogP contribution in [-0.2, 0) is 0 Å². The van der Waals surface area contributed by atoms with Gasteiger partial charge in [-0.15, -0.1) is 0 Å². The van der Waals surface area contributed by atoms with Gasteiger partial charge in [0.25, 0.3) is 0 Å². The normalized spacial score (nSPS) is 20.8. The lowest BCUT2D eigenvalue weighted by molar-refractivity contribution is 0.616. The molecule has 0 saturated carbocycles. The fraction of sp³-hybridized carbons (Fsp3) is 0.500. The van der Waals surface area contributed by atoms with Gasteiger partial charge in [-0.3, -0.25) is 0 Å². The highest BCUT2D eigenvalue weighted by Gasteiger charge is 2.19. The summed E-state index contributed by atoms with van der Waals surface area (Å²) in [6, 6.07) is 8.27. The molecule has 1 heterocycles. The van der Waals surface area contributed by atoms with E-state index in [4.69, 9.17) is 11.6 Å². The van der Waals surface area contributed by atoms with E-state index >= 15 is 0 Å². The van der Waals surface area contributed by atoms with Crippen LogP contribution >= 0.6 is 11.6 Å². The van der Waals surface area contributed by atoms with Crippen molar-refractivity contribution in [2.24, 2.45) is 0 Å². The number of benzene rings is 1. The lowest BCUT2D eigenvalue weighted by atomic mass is 10.1. The monoisotopic (exact) mass is 248 g/mol. The zero-order chi connectivity index (χ0) is 12.3. The molecule has 1 saturated heterocycles. The van der Waals surface area contributed by atoms with Crippen LogP contribution in [0.3, 0.4) is 0 Å². The minimum Gasteiger partial charge on any atom is -0.368 e. The maximum atomic E-state index is 9.18. The molecule has 2 nitrogen and oxygen atoms in total. The van der Waals surface area contributed by atoms with E-state index in [-0.39, 0.29) is 0 Å². The summed E-state index contributed by atoms with van der Waals surface area (Å²) >= 11 is 6.05. The summed E-state index contributed by atoms with van der Waals surface area (Å²) < 4.78 is 0. The lowest BCUT2D eigenvalue weighted by Gasteiger charge is -2.30. The molecule has 1 aromatic carbocycles. The molecule has 1 aliphatic rings. The topological polar surface area (TPSA) is 27.0 Å². The van der Waals surface area contributed by atoms with Crippen molar-refractivity contribution < 1.29 is 0 Å². The SMILES string of the molecule is CC1CCCCCN1c1cc(Cl)ccc1C#N. The Hall–Kier alpha value is -1.20. The van der Waals surface area contributed by atoms with E-state index in [1.165, 1.54) is 25.7 Å². The summed E-state index contributed by atoms with van der Waals surface area (Å²) in [7, 11) is 0. The number of anilines is 1. The number of rotatable bonds is 1. The molecule has 90 valence electrons. The molecular formula is C14H17ClN2. The van der Waals surface area contributed by atoms with Gasteiger partial charge in [0.15, 0.2) is 0 Å². The van der Waals surface area contributed by atoms with Crippen LogP contribution in [0.5, 0.6) is 0 Å². The van der Waals surface area contributed by atoms with Crippen LogP contribution in [0.4, 0.5) is 5.69 Å². The van der Waals surface area contributed by atoms with E-state index in [1.54, 1.807) is 6.07 Å². The maximum Gasteiger partial charge on any atom is 0.101 e. The van der Waals surface area contributed by atoms with Gasteiger partial charge in [0.2, 0.25) is 0 Å². The third kappa shape index (κ3) is 2.73. The number of nitriles is 1. The van der Waals surface area contributed by atoms with Crippen LogP contribution in [0.25, 0.3) is 0 Å². The van der Waals surface area contributed by atoms with E-state index in [9.17, 15) is 5.26 Å². The van der Waals surface area contributed by atoms with Gasteiger partial charge in [-0.25, -0.2) is 0 Å². The van der Waals surface area contributed by atoms with E-state index in [2.05, 4.69) is 17.9 Å². The molecule has 0 spiro atoms. The summed E-state index contributed by atoms with van der Waals surface area (Å²) in [5, 5.41) is 9.88. The van der Waals surface area contributed by atoms with E-state index < -0.39 is 0 Å². The van der Waals surface area contributed by atoms with Gasteiger partial charge in [-0.2, -0.15) is 5.26 Å². The van der Waals surface area contributed by atoms with Gasteiger partial charge < -0.3 is 4.90 Å². The lowest BCUT2D eigenvalue weighted by Crippen LogP contribution is -2.33. The smallest absolute Gasteiger partial charge is 0.101 e. The Morgan fingerprint density at radius 3 is 2.94 bits per heavy atom. The quantitative estimate of drug-likeness (QED) is 0.752. The fourth-order valence-corrected chi connectivity index (χ4v) is 2.64. The van der Waals surface area contributed by atoms with Crippen LogP contribution in [0, 0.1) is 11.3 Å². The first-order valence-corrected chi connectivity index (χ1v) is 6.56. The Labute approximate surface area is 108 Å². The highest BCUT2D eigenvalue weighted by atomic mass is 35.5. The molecule has 1 unspecified atom stereocenters. The second-order valence-corrected chi connectivity index (χ2v) is 5.10. The van der Waals surface area contributed by atoms with Crippen molar-refractivity contribution in [2.45, 2.75) is 38.6 Å². The fourth-order valence-electron chi connectivity index (χ4n) is 2.47. The first kappa shape index (κ1) is 12.3. The highest BCUT2D eigenvalue weighted by Crippen LogP contribution is 2.29. The minimum absolute atomic E-state index is 0.489. The molecule has 3 heteroatoms. The molecule has 17 heavy (non-hydrogen) atoms. The molecule has 0 aliphatic carbocycles. The highest BCUT2D eigenvalue weighted by molar-refractivity contribution is 6.30. The largest absolute Gasteiger partial charge is 0.368 e. The van der Waals surface area contributed by atoms with Crippen LogP contribution in [0.15, 0.2) is 18.2 Å². The van der Waals surface area contributed by atoms with Crippen LogP contribution in [0.2, 0.25) is 5.02 Å².